The van der Waals surface area contributed by atoms with Gasteiger partial charge < -0.3 is 4.74 Å². The van der Waals surface area contributed by atoms with Crippen molar-refractivity contribution in [2.45, 2.75) is 19.3 Å². The number of alkyl halides is 2. The van der Waals surface area contributed by atoms with Gasteiger partial charge in [-0.3, -0.25) is 0 Å². The summed E-state index contributed by atoms with van der Waals surface area (Å²) in [7, 11) is 0. The summed E-state index contributed by atoms with van der Waals surface area (Å²) in [4.78, 5) is 0. The van der Waals surface area contributed by atoms with E-state index >= 15 is 0 Å². The molecule has 0 atom stereocenters. The van der Waals surface area contributed by atoms with Gasteiger partial charge in [-0.25, -0.2) is 8.78 Å². The van der Waals surface area contributed by atoms with Gasteiger partial charge in [0.05, 0.1) is 12.9 Å². The van der Waals surface area contributed by atoms with Crippen molar-refractivity contribution in [3.8, 4) is 0 Å². The zero-order valence-electron chi connectivity index (χ0n) is 4.94. The average molecular weight is 134 g/mol. The summed E-state index contributed by atoms with van der Waals surface area (Å²) in [5, 5.41) is 0. The van der Waals surface area contributed by atoms with Crippen LogP contribution in [0.1, 0.15) is 12.8 Å². The fraction of sp³-hybridized carbons (Fsp3) is 0.667. The minimum atomic E-state index is -2.33. The van der Waals surface area contributed by atoms with E-state index in [-0.39, 0.29) is 5.57 Å². The topological polar surface area (TPSA) is 9.23 Å². The van der Waals surface area contributed by atoms with E-state index < -0.39 is 6.43 Å². The van der Waals surface area contributed by atoms with E-state index in [4.69, 9.17) is 4.74 Å². The van der Waals surface area contributed by atoms with Gasteiger partial charge in [-0.2, -0.15) is 0 Å². The highest BCUT2D eigenvalue weighted by atomic mass is 19.3. The van der Waals surface area contributed by atoms with Gasteiger partial charge in [-0.05, 0) is 12.8 Å². The molecule has 0 aromatic carbocycles. The van der Waals surface area contributed by atoms with Crippen LogP contribution in [0.2, 0.25) is 0 Å². The molecule has 0 amide bonds. The maximum absolute atomic E-state index is 11.8. The van der Waals surface area contributed by atoms with Crippen molar-refractivity contribution in [3.63, 3.8) is 0 Å². The van der Waals surface area contributed by atoms with Crippen molar-refractivity contribution in [2.24, 2.45) is 0 Å². The first kappa shape index (κ1) is 6.52. The lowest BCUT2D eigenvalue weighted by Crippen LogP contribution is -2.05. The highest BCUT2D eigenvalue weighted by Gasteiger charge is 2.13. The molecule has 0 aromatic heterocycles. The number of halogens is 2. The summed E-state index contributed by atoms with van der Waals surface area (Å²) in [5.41, 5.74) is 0.126. The number of allylic oxidation sites excluding steroid dienone is 1. The first-order valence-electron chi connectivity index (χ1n) is 2.89. The first-order chi connectivity index (χ1) is 4.30. The average Bonchev–Trinajstić information content (AvgIpc) is 1.90. The van der Waals surface area contributed by atoms with E-state index in [1.54, 1.807) is 0 Å². The van der Waals surface area contributed by atoms with Crippen LogP contribution in [0, 0.1) is 0 Å². The molecule has 52 valence electrons. The molecule has 0 aliphatic carbocycles. The zero-order chi connectivity index (χ0) is 6.69. The standard InChI is InChI=1S/C6H8F2O/c7-6(8)5-2-1-3-9-4-5/h4,6H,1-3H2. The summed E-state index contributed by atoms with van der Waals surface area (Å²) in [6.07, 6.45) is 0.0486. The fourth-order valence-electron chi connectivity index (χ4n) is 0.745. The highest BCUT2D eigenvalue weighted by molar-refractivity contribution is 5.02. The summed E-state index contributed by atoms with van der Waals surface area (Å²) in [6, 6.07) is 0. The maximum Gasteiger partial charge on any atom is 0.263 e. The summed E-state index contributed by atoms with van der Waals surface area (Å²) in [5.74, 6) is 0. The molecule has 0 saturated carbocycles. The Kier molecular flexibility index (Phi) is 2.03. The van der Waals surface area contributed by atoms with Crippen LogP contribution in [0.15, 0.2) is 11.8 Å². The van der Waals surface area contributed by atoms with Crippen LogP contribution in [0.5, 0.6) is 0 Å². The van der Waals surface area contributed by atoms with Crippen molar-refractivity contribution < 1.29 is 13.5 Å². The van der Waals surface area contributed by atoms with Gasteiger partial charge in [0.25, 0.3) is 6.43 Å². The predicted molar refractivity (Wildman–Crippen MR) is 29.3 cm³/mol. The molecule has 0 saturated heterocycles. The minimum absolute atomic E-state index is 0.126. The molecule has 0 aromatic rings. The molecule has 0 unspecified atom stereocenters. The van der Waals surface area contributed by atoms with Crippen molar-refractivity contribution in [3.05, 3.63) is 11.8 Å². The van der Waals surface area contributed by atoms with E-state index in [0.29, 0.717) is 13.0 Å². The Morgan fingerprint density at radius 1 is 1.56 bits per heavy atom. The van der Waals surface area contributed by atoms with E-state index in [1.165, 1.54) is 6.26 Å². The van der Waals surface area contributed by atoms with Gasteiger partial charge >= 0.3 is 0 Å². The molecular weight excluding hydrogens is 126 g/mol. The quantitative estimate of drug-likeness (QED) is 0.532. The predicted octanol–water partition coefficient (Wildman–Crippen LogP) is 1.95. The largest absolute Gasteiger partial charge is 0.501 e. The van der Waals surface area contributed by atoms with Gasteiger partial charge in [-0.1, -0.05) is 0 Å². The van der Waals surface area contributed by atoms with Crippen LogP contribution in [-0.2, 0) is 4.74 Å². The van der Waals surface area contributed by atoms with Gasteiger partial charge in [-0.15, -0.1) is 0 Å². The van der Waals surface area contributed by atoms with Crippen molar-refractivity contribution >= 4 is 0 Å². The molecule has 0 radical (unpaired) electrons. The molecule has 0 N–H and O–H groups in total. The van der Waals surface area contributed by atoms with Crippen LogP contribution < -0.4 is 0 Å². The summed E-state index contributed by atoms with van der Waals surface area (Å²) >= 11 is 0. The van der Waals surface area contributed by atoms with Crippen molar-refractivity contribution in [2.75, 3.05) is 6.61 Å². The molecule has 1 aliphatic rings. The molecule has 1 nitrogen and oxygen atoms in total. The fourth-order valence-corrected chi connectivity index (χ4v) is 0.745. The third-order valence-corrected chi connectivity index (χ3v) is 1.24. The zero-order valence-corrected chi connectivity index (χ0v) is 4.94. The third kappa shape index (κ3) is 1.66. The summed E-state index contributed by atoms with van der Waals surface area (Å²) < 4.78 is 28.2. The Morgan fingerprint density at radius 3 is 2.67 bits per heavy atom. The number of rotatable bonds is 1. The Morgan fingerprint density at radius 2 is 2.33 bits per heavy atom. The van der Waals surface area contributed by atoms with Crippen LogP contribution in [0.4, 0.5) is 8.78 Å². The van der Waals surface area contributed by atoms with Crippen LogP contribution in [0.3, 0.4) is 0 Å². The van der Waals surface area contributed by atoms with E-state index in [2.05, 4.69) is 0 Å². The van der Waals surface area contributed by atoms with Crippen LogP contribution in [0.25, 0.3) is 0 Å². The van der Waals surface area contributed by atoms with E-state index in [0.717, 1.165) is 6.42 Å². The lowest BCUT2D eigenvalue weighted by Gasteiger charge is -2.11. The Bertz CT molecular complexity index is 120. The van der Waals surface area contributed by atoms with E-state index in [9.17, 15) is 8.78 Å². The van der Waals surface area contributed by atoms with Gasteiger partial charge in [0.15, 0.2) is 0 Å². The van der Waals surface area contributed by atoms with Crippen molar-refractivity contribution in [1.82, 2.24) is 0 Å². The molecule has 0 spiro atoms. The Balaban J connectivity index is 2.46. The van der Waals surface area contributed by atoms with Crippen LogP contribution >= 0.6 is 0 Å². The maximum atomic E-state index is 11.8. The Hall–Kier alpha value is -0.600. The van der Waals surface area contributed by atoms with Gasteiger partial charge in [0, 0.05) is 5.57 Å². The SMILES string of the molecule is FC(F)C1=COCCC1. The second kappa shape index (κ2) is 2.80. The molecule has 1 heterocycles. The number of hydrogen-bond acceptors (Lipinski definition) is 1. The molecule has 3 heteroatoms. The number of ether oxygens (including phenoxy) is 1. The normalized spacial score (nSPS) is 19.2. The second-order valence-electron chi connectivity index (χ2n) is 1.97. The number of hydrogen-bond donors (Lipinski definition) is 0. The monoisotopic (exact) mass is 134 g/mol. The smallest absolute Gasteiger partial charge is 0.263 e. The molecular formula is C6H8F2O. The van der Waals surface area contributed by atoms with E-state index in [1.807, 2.05) is 0 Å². The van der Waals surface area contributed by atoms with Crippen molar-refractivity contribution in [1.29, 1.82) is 0 Å². The molecule has 0 bridgehead atoms. The molecule has 1 aliphatic heterocycles. The van der Waals surface area contributed by atoms with Gasteiger partial charge in [0.1, 0.15) is 0 Å². The summed E-state index contributed by atoms with van der Waals surface area (Å²) in [6.45, 7) is 0.580. The highest BCUT2D eigenvalue weighted by Crippen LogP contribution is 2.18. The lowest BCUT2D eigenvalue weighted by atomic mass is 10.1. The lowest BCUT2D eigenvalue weighted by molar-refractivity contribution is 0.152. The minimum Gasteiger partial charge on any atom is -0.501 e. The van der Waals surface area contributed by atoms with Crippen LogP contribution in [-0.4, -0.2) is 13.0 Å². The van der Waals surface area contributed by atoms with Gasteiger partial charge in [0.2, 0.25) is 0 Å². The first-order valence-corrected chi connectivity index (χ1v) is 2.89. The molecule has 0 fully saturated rings. The Labute approximate surface area is 52.3 Å². The second-order valence-corrected chi connectivity index (χ2v) is 1.97. The third-order valence-electron chi connectivity index (χ3n) is 1.24. The molecule has 9 heavy (non-hydrogen) atoms. The molecule has 1 rings (SSSR count).